The lowest BCUT2D eigenvalue weighted by atomic mass is 9.81. The maximum Gasteiger partial charge on any atom is 0.315 e. The summed E-state index contributed by atoms with van der Waals surface area (Å²) in [6.45, 7) is 21.3. The zero-order valence-electron chi connectivity index (χ0n) is 29.0. The van der Waals surface area contributed by atoms with Gasteiger partial charge in [0.1, 0.15) is 12.1 Å². The molecule has 1 rings (SSSR count). The second-order valence-electron chi connectivity index (χ2n) is 13.5. The highest BCUT2D eigenvalue weighted by Gasteiger charge is 2.43. The summed E-state index contributed by atoms with van der Waals surface area (Å²) >= 11 is 0. The Labute approximate surface area is 273 Å². The SMILES string of the molecule is C=CCNC(=O)C(=O)C(CCCC)NC(=O)[C@@H]1CC(C)CN1C(=O)C(C)NC(=O)NC(CC)(CS(=O)C(C)(C)C)C(C)CCC. The molecule has 0 radical (unpaired) electrons. The molecule has 0 aromatic rings. The minimum Gasteiger partial charge on any atom is -0.346 e. The van der Waals surface area contributed by atoms with Crippen LogP contribution in [0.1, 0.15) is 107 Å². The minimum absolute atomic E-state index is 0.0152. The van der Waals surface area contributed by atoms with Crippen molar-refractivity contribution in [2.24, 2.45) is 11.8 Å². The van der Waals surface area contributed by atoms with Gasteiger partial charge in [0, 0.05) is 34.4 Å². The van der Waals surface area contributed by atoms with E-state index in [0.29, 0.717) is 38.0 Å². The number of urea groups is 1. The van der Waals surface area contributed by atoms with Crippen LogP contribution in [0, 0.1) is 11.8 Å². The van der Waals surface area contributed by atoms with E-state index < -0.39 is 68.7 Å². The number of hydrogen-bond acceptors (Lipinski definition) is 6. The van der Waals surface area contributed by atoms with Crippen molar-refractivity contribution in [3.63, 3.8) is 0 Å². The van der Waals surface area contributed by atoms with Crippen molar-refractivity contribution in [1.29, 1.82) is 0 Å². The maximum absolute atomic E-state index is 13.7. The summed E-state index contributed by atoms with van der Waals surface area (Å²) in [7, 11) is -1.22. The Hall–Kier alpha value is -2.76. The fourth-order valence-electron chi connectivity index (χ4n) is 5.66. The molecular weight excluding hydrogens is 594 g/mol. The quantitative estimate of drug-likeness (QED) is 0.131. The van der Waals surface area contributed by atoms with Crippen LogP contribution in [0.25, 0.3) is 0 Å². The van der Waals surface area contributed by atoms with Crippen LogP contribution in [0.3, 0.4) is 0 Å². The molecule has 1 aliphatic rings. The number of nitrogens with one attached hydrogen (secondary N) is 4. The number of carbonyl (C=O) groups is 5. The van der Waals surface area contributed by atoms with Gasteiger partial charge >= 0.3 is 6.03 Å². The first-order valence-electron chi connectivity index (χ1n) is 16.5. The molecule has 11 nitrogen and oxygen atoms in total. The number of carbonyl (C=O) groups excluding carboxylic acids is 5. The van der Waals surface area contributed by atoms with E-state index in [1.807, 2.05) is 41.5 Å². The Morgan fingerprint density at radius 3 is 2.20 bits per heavy atom. The first-order valence-corrected chi connectivity index (χ1v) is 17.8. The predicted molar refractivity (Wildman–Crippen MR) is 180 cm³/mol. The number of Topliss-reactive ketones (excluding diaryl/α,β-unsaturated/α-hetero) is 1. The highest BCUT2D eigenvalue weighted by atomic mass is 32.2. The van der Waals surface area contributed by atoms with Gasteiger partial charge in [0.05, 0.1) is 11.6 Å². The largest absolute Gasteiger partial charge is 0.346 e. The number of unbranched alkanes of at least 4 members (excludes halogenated alkanes) is 1. The number of hydrogen-bond donors (Lipinski definition) is 4. The number of nitrogens with zero attached hydrogens (tertiary/aromatic N) is 1. The number of ketones is 1. The van der Waals surface area contributed by atoms with Crippen LogP contribution in [-0.2, 0) is 30.0 Å². The van der Waals surface area contributed by atoms with E-state index >= 15 is 0 Å². The van der Waals surface area contributed by atoms with E-state index in [9.17, 15) is 28.2 Å². The summed E-state index contributed by atoms with van der Waals surface area (Å²) in [6.07, 6.45) is 5.87. The Bertz CT molecular complexity index is 1080. The lowest BCUT2D eigenvalue weighted by molar-refractivity contribution is -0.142. The highest BCUT2D eigenvalue weighted by molar-refractivity contribution is 7.86. The van der Waals surface area contributed by atoms with Crippen LogP contribution < -0.4 is 21.3 Å². The predicted octanol–water partition coefficient (Wildman–Crippen LogP) is 3.59. The third-order valence-electron chi connectivity index (χ3n) is 8.65. The molecule has 1 fully saturated rings. The van der Waals surface area contributed by atoms with E-state index in [1.165, 1.54) is 11.0 Å². The van der Waals surface area contributed by atoms with Gasteiger partial charge in [-0.15, -0.1) is 6.58 Å². The molecule has 0 spiro atoms. The number of likely N-dealkylation sites (tertiary alicyclic amines) is 1. The van der Waals surface area contributed by atoms with Gasteiger partial charge in [-0.05, 0) is 65.2 Å². The van der Waals surface area contributed by atoms with Crippen molar-refractivity contribution in [3.05, 3.63) is 12.7 Å². The molecule has 12 heteroatoms. The standard InChI is InChI=1S/C33H59N5O6S/c1-11-15-17-25(27(39)29(41)34-18-13-3)36-28(40)26-19-22(5)20-38(26)30(42)24(7)35-31(43)37-33(14-4,23(6)16-12-2)21-45(44)32(8,9)10/h13,22-26H,3,11-12,14-21H2,1-2,4-10H3,(H,34,41)(H,36,40)(H2,35,37,43)/t22?,23?,24?,25?,26-,33?,45?/m0/s1. The van der Waals surface area contributed by atoms with Gasteiger partial charge < -0.3 is 26.2 Å². The van der Waals surface area contributed by atoms with Crippen LogP contribution in [0.5, 0.6) is 0 Å². The van der Waals surface area contributed by atoms with Crippen molar-refractivity contribution < 1.29 is 28.2 Å². The molecule has 1 heterocycles. The first-order chi connectivity index (χ1) is 21.0. The van der Waals surface area contributed by atoms with Crippen LogP contribution in [0.15, 0.2) is 12.7 Å². The van der Waals surface area contributed by atoms with Gasteiger partial charge in [0.2, 0.25) is 17.6 Å². The van der Waals surface area contributed by atoms with E-state index in [1.54, 1.807) is 6.92 Å². The van der Waals surface area contributed by atoms with Gasteiger partial charge in [0.25, 0.3) is 5.91 Å². The van der Waals surface area contributed by atoms with Crippen molar-refractivity contribution in [3.8, 4) is 0 Å². The Kier molecular flexibility index (Phi) is 16.5. The summed E-state index contributed by atoms with van der Waals surface area (Å²) in [5.41, 5.74) is -0.733. The smallest absolute Gasteiger partial charge is 0.315 e. The average molecular weight is 654 g/mol. The topological polar surface area (TPSA) is 154 Å². The maximum atomic E-state index is 13.7. The lowest BCUT2D eigenvalue weighted by Gasteiger charge is -2.41. The van der Waals surface area contributed by atoms with Crippen molar-refractivity contribution in [2.75, 3.05) is 18.8 Å². The zero-order valence-corrected chi connectivity index (χ0v) is 29.9. The molecular formula is C33H59N5O6S. The van der Waals surface area contributed by atoms with Crippen molar-refractivity contribution in [2.45, 2.75) is 136 Å². The summed E-state index contributed by atoms with van der Waals surface area (Å²) in [5, 5.41) is 11.1. The monoisotopic (exact) mass is 653 g/mol. The third kappa shape index (κ3) is 11.8. The molecule has 1 aliphatic heterocycles. The van der Waals surface area contributed by atoms with E-state index in [-0.39, 0.29) is 18.4 Å². The van der Waals surface area contributed by atoms with Crippen LogP contribution in [0.4, 0.5) is 4.79 Å². The molecule has 6 unspecified atom stereocenters. The first kappa shape index (κ1) is 40.3. The molecule has 45 heavy (non-hydrogen) atoms. The molecule has 258 valence electrons. The van der Waals surface area contributed by atoms with Gasteiger partial charge in [-0.25, -0.2) is 4.79 Å². The molecule has 7 atom stereocenters. The van der Waals surface area contributed by atoms with Gasteiger partial charge in [0.15, 0.2) is 0 Å². The minimum atomic E-state index is -1.22. The molecule has 0 aromatic heterocycles. The average Bonchev–Trinajstić information content (AvgIpc) is 3.37. The van der Waals surface area contributed by atoms with Crippen molar-refractivity contribution in [1.82, 2.24) is 26.2 Å². The highest BCUT2D eigenvalue weighted by Crippen LogP contribution is 2.30. The Morgan fingerprint density at radius 1 is 1.02 bits per heavy atom. The molecule has 1 saturated heterocycles. The molecule has 4 N–H and O–H groups in total. The van der Waals surface area contributed by atoms with E-state index in [2.05, 4.69) is 41.7 Å². The fourth-order valence-corrected chi connectivity index (χ4v) is 7.12. The zero-order chi connectivity index (χ0) is 34.5. The molecule has 0 aliphatic carbocycles. The lowest BCUT2D eigenvalue weighted by Crippen LogP contribution is -2.62. The van der Waals surface area contributed by atoms with E-state index in [0.717, 1.165) is 19.3 Å². The van der Waals surface area contributed by atoms with Gasteiger partial charge in [-0.1, -0.05) is 60.0 Å². The Balaban J connectivity index is 3.10. The van der Waals surface area contributed by atoms with Crippen LogP contribution in [0.2, 0.25) is 0 Å². The van der Waals surface area contributed by atoms with E-state index in [4.69, 9.17) is 0 Å². The third-order valence-corrected chi connectivity index (χ3v) is 10.8. The second-order valence-corrected chi connectivity index (χ2v) is 15.7. The van der Waals surface area contributed by atoms with Crippen LogP contribution >= 0.6 is 0 Å². The summed E-state index contributed by atoms with van der Waals surface area (Å²) in [6, 6.07) is -3.34. The van der Waals surface area contributed by atoms with Crippen molar-refractivity contribution >= 4 is 40.3 Å². The summed E-state index contributed by atoms with van der Waals surface area (Å²) < 4.78 is 12.8. The molecule has 5 amide bonds. The van der Waals surface area contributed by atoms with Gasteiger partial charge in [-0.3, -0.25) is 23.4 Å². The number of amides is 5. The molecule has 0 bridgehead atoms. The normalized spacial score (nSPS) is 20.6. The molecule has 0 saturated carbocycles. The van der Waals surface area contributed by atoms with Crippen LogP contribution in [-0.4, -0.2) is 85.9 Å². The summed E-state index contributed by atoms with van der Waals surface area (Å²) in [4.78, 5) is 67.2. The summed E-state index contributed by atoms with van der Waals surface area (Å²) in [5.74, 6) is -2.10. The Morgan fingerprint density at radius 2 is 1.67 bits per heavy atom. The number of rotatable bonds is 18. The van der Waals surface area contributed by atoms with Gasteiger partial charge in [-0.2, -0.15) is 0 Å². The fraction of sp³-hybridized carbons (Fsp3) is 0.788. The second kappa shape index (κ2) is 18.4. The molecule has 0 aromatic carbocycles.